The first kappa shape index (κ1) is 22.3. The molecule has 1 aliphatic heterocycles. The molecular weight excluding hydrogens is 467 g/mol. The SMILES string of the molecule is Cc1cc([C@H]2C[C@@H](c3cn4c(=O)c5c(nc4c(-c4ccc(Cl)cc4F)n3)CCC5)CCO2)ccn1. The maximum atomic E-state index is 15.1. The van der Waals surface area contributed by atoms with Crippen LogP contribution in [-0.4, -0.2) is 26.0 Å². The summed E-state index contributed by atoms with van der Waals surface area (Å²) in [6.45, 7) is 2.53. The lowest BCUT2D eigenvalue weighted by molar-refractivity contribution is 0.00451. The molecule has 35 heavy (non-hydrogen) atoms. The predicted octanol–water partition coefficient (Wildman–Crippen LogP) is 5.38. The standard InChI is InChI=1S/C27H24ClFN4O2/c1-15-11-17(7-9-30-15)24-12-16(8-10-35-24)23-14-33-26(32-22-4-2-3-20(22)27(33)34)25(31-23)19-6-5-18(28)13-21(19)29/h5-7,9,11,13-14,16,24H,2-4,8,10,12H2,1H3/t16-,24+/m0/s1. The minimum atomic E-state index is -0.490. The van der Waals surface area contributed by atoms with Crippen LogP contribution in [0, 0.1) is 12.7 Å². The van der Waals surface area contributed by atoms with Crippen molar-refractivity contribution in [3.05, 3.63) is 92.1 Å². The Morgan fingerprint density at radius 1 is 1.17 bits per heavy atom. The lowest BCUT2D eigenvalue weighted by atomic mass is 9.89. The van der Waals surface area contributed by atoms with Gasteiger partial charge in [0.15, 0.2) is 5.65 Å². The van der Waals surface area contributed by atoms with Crippen molar-refractivity contribution >= 4 is 17.2 Å². The molecule has 1 saturated heterocycles. The first-order valence-electron chi connectivity index (χ1n) is 11.9. The molecule has 0 radical (unpaired) electrons. The number of aryl methyl sites for hydroxylation is 2. The largest absolute Gasteiger partial charge is 0.373 e. The van der Waals surface area contributed by atoms with Crippen molar-refractivity contribution in [1.29, 1.82) is 0 Å². The zero-order valence-electron chi connectivity index (χ0n) is 19.3. The minimum absolute atomic E-state index is 0.0425. The van der Waals surface area contributed by atoms with E-state index in [2.05, 4.69) is 4.98 Å². The lowest BCUT2D eigenvalue weighted by Crippen LogP contribution is -2.24. The Morgan fingerprint density at radius 3 is 2.89 bits per heavy atom. The summed E-state index contributed by atoms with van der Waals surface area (Å²) in [4.78, 5) is 27.4. The highest BCUT2D eigenvalue weighted by molar-refractivity contribution is 6.30. The molecule has 6 rings (SSSR count). The maximum Gasteiger partial charge on any atom is 0.261 e. The van der Waals surface area contributed by atoms with E-state index in [1.165, 1.54) is 6.07 Å². The number of benzene rings is 1. The fourth-order valence-electron chi connectivity index (χ4n) is 5.26. The van der Waals surface area contributed by atoms with Crippen molar-refractivity contribution in [2.75, 3.05) is 6.61 Å². The Kier molecular flexibility index (Phi) is 5.61. The zero-order chi connectivity index (χ0) is 24.1. The molecule has 3 aromatic heterocycles. The van der Waals surface area contributed by atoms with Crippen LogP contribution in [0.3, 0.4) is 0 Å². The highest BCUT2D eigenvalue weighted by Crippen LogP contribution is 2.38. The molecule has 6 nitrogen and oxygen atoms in total. The van der Waals surface area contributed by atoms with Crippen LogP contribution in [-0.2, 0) is 17.6 Å². The molecule has 0 bridgehead atoms. The molecule has 4 aromatic rings. The van der Waals surface area contributed by atoms with Gasteiger partial charge in [0.05, 0.1) is 17.5 Å². The molecule has 0 spiro atoms. The second-order valence-electron chi connectivity index (χ2n) is 9.34. The molecular formula is C27H24ClFN4O2. The molecule has 1 aliphatic carbocycles. The summed E-state index contributed by atoms with van der Waals surface area (Å²) in [5.41, 5.74) is 5.23. The van der Waals surface area contributed by atoms with Gasteiger partial charge in [0, 0.05) is 46.8 Å². The van der Waals surface area contributed by atoms with Crippen molar-refractivity contribution in [2.45, 2.75) is 51.0 Å². The summed E-state index contributed by atoms with van der Waals surface area (Å²) in [7, 11) is 0. The highest BCUT2D eigenvalue weighted by Gasteiger charge is 2.29. The Hall–Kier alpha value is -3.16. The van der Waals surface area contributed by atoms with E-state index in [1.807, 2.05) is 19.1 Å². The van der Waals surface area contributed by atoms with Crippen LogP contribution in [0.1, 0.15) is 59.5 Å². The second-order valence-corrected chi connectivity index (χ2v) is 9.78. The molecule has 8 heteroatoms. The van der Waals surface area contributed by atoms with Crippen molar-refractivity contribution in [2.24, 2.45) is 0 Å². The summed E-state index contributed by atoms with van der Waals surface area (Å²) < 4.78 is 22.7. The van der Waals surface area contributed by atoms with Gasteiger partial charge in [0.1, 0.15) is 11.5 Å². The maximum absolute atomic E-state index is 15.1. The Bertz CT molecular complexity index is 1520. The fraction of sp³-hybridized carbons (Fsp3) is 0.333. The number of ether oxygens (including phenoxy) is 1. The van der Waals surface area contributed by atoms with Crippen molar-refractivity contribution in [3.63, 3.8) is 0 Å². The van der Waals surface area contributed by atoms with Gasteiger partial charge in [-0.25, -0.2) is 14.4 Å². The molecule has 1 aromatic carbocycles. The monoisotopic (exact) mass is 490 g/mol. The van der Waals surface area contributed by atoms with Crippen molar-refractivity contribution < 1.29 is 9.13 Å². The van der Waals surface area contributed by atoms with E-state index in [0.29, 0.717) is 35.8 Å². The average Bonchev–Trinajstić information content (AvgIpc) is 3.33. The molecule has 0 N–H and O–H groups in total. The quantitative estimate of drug-likeness (QED) is 0.386. The number of aromatic nitrogens is 4. The summed E-state index contributed by atoms with van der Waals surface area (Å²) in [6.07, 6.45) is 7.31. The normalized spacial score (nSPS) is 19.7. The fourth-order valence-corrected chi connectivity index (χ4v) is 5.42. The highest BCUT2D eigenvalue weighted by atomic mass is 35.5. The molecule has 1 fully saturated rings. The number of halogens is 2. The van der Waals surface area contributed by atoms with E-state index < -0.39 is 5.82 Å². The van der Waals surface area contributed by atoms with Gasteiger partial charge in [0.25, 0.3) is 5.56 Å². The summed E-state index contributed by atoms with van der Waals surface area (Å²) in [6, 6.07) is 8.51. The van der Waals surface area contributed by atoms with E-state index >= 15 is 4.39 Å². The first-order valence-corrected chi connectivity index (χ1v) is 12.3. The lowest BCUT2D eigenvalue weighted by Gasteiger charge is -2.30. The van der Waals surface area contributed by atoms with Crippen LogP contribution >= 0.6 is 11.6 Å². The van der Waals surface area contributed by atoms with Crippen molar-refractivity contribution in [1.82, 2.24) is 19.4 Å². The molecule has 0 unspecified atom stereocenters. The third-order valence-corrected chi connectivity index (χ3v) is 7.26. The molecule has 2 atom stereocenters. The number of nitrogens with zero attached hydrogens (tertiary/aromatic N) is 4. The third kappa shape index (κ3) is 4.02. The predicted molar refractivity (Wildman–Crippen MR) is 131 cm³/mol. The van der Waals surface area contributed by atoms with Crippen LogP contribution < -0.4 is 5.56 Å². The zero-order valence-corrected chi connectivity index (χ0v) is 20.1. The number of rotatable bonds is 3. The van der Waals surface area contributed by atoms with E-state index in [4.69, 9.17) is 26.3 Å². The molecule has 0 saturated carbocycles. The second kappa shape index (κ2) is 8.81. The van der Waals surface area contributed by atoms with Gasteiger partial charge in [-0.05, 0) is 74.9 Å². The number of fused-ring (bicyclic) bond motifs is 2. The van der Waals surface area contributed by atoms with E-state index in [9.17, 15) is 4.79 Å². The van der Waals surface area contributed by atoms with Crippen LogP contribution in [0.4, 0.5) is 4.39 Å². The molecule has 0 amide bonds. The Morgan fingerprint density at radius 2 is 2.06 bits per heavy atom. The van der Waals surface area contributed by atoms with Gasteiger partial charge in [0.2, 0.25) is 0 Å². The van der Waals surface area contributed by atoms with Crippen LogP contribution in [0.25, 0.3) is 16.9 Å². The summed E-state index contributed by atoms with van der Waals surface area (Å²) in [5, 5.41) is 0.303. The van der Waals surface area contributed by atoms with Crippen LogP contribution in [0.15, 0.2) is 47.5 Å². The van der Waals surface area contributed by atoms with Gasteiger partial charge in [-0.2, -0.15) is 0 Å². The van der Waals surface area contributed by atoms with Gasteiger partial charge in [-0.15, -0.1) is 0 Å². The number of hydrogen-bond acceptors (Lipinski definition) is 5. The topological polar surface area (TPSA) is 69.4 Å². The van der Waals surface area contributed by atoms with Gasteiger partial charge >= 0.3 is 0 Å². The summed E-state index contributed by atoms with van der Waals surface area (Å²) in [5.74, 6) is -0.447. The van der Waals surface area contributed by atoms with E-state index in [0.717, 1.165) is 47.5 Å². The van der Waals surface area contributed by atoms with Gasteiger partial charge in [-0.3, -0.25) is 14.2 Å². The third-order valence-electron chi connectivity index (χ3n) is 7.03. The van der Waals surface area contributed by atoms with Gasteiger partial charge < -0.3 is 4.74 Å². The first-order chi connectivity index (χ1) is 17.0. The van der Waals surface area contributed by atoms with Crippen molar-refractivity contribution in [3.8, 4) is 11.3 Å². The van der Waals surface area contributed by atoms with E-state index in [-0.39, 0.29) is 23.1 Å². The number of hydrogen-bond donors (Lipinski definition) is 0. The number of pyridine rings is 1. The molecule has 2 aliphatic rings. The average molecular weight is 491 g/mol. The molecule has 4 heterocycles. The van der Waals surface area contributed by atoms with E-state index in [1.54, 1.807) is 28.9 Å². The molecule has 178 valence electrons. The minimum Gasteiger partial charge on any atom is -0.373 e. The van der Waals surface area contributed by atoms with Gasteiger partial charge in [-0.1, -0.05) is 11.6 Å². The smallest absolute Gasteiger partial charge is 0.261 e. The Balaban J connectivity index is 1.51. The van der Waals surface area contributed by atoms with Crippen LogP contribution in [0.2, 0.25) is 5.02 Å². The summed E-state index contributed by atoms with van der Waals surface area (Å²) >= 11 is 6.01. The van der Waals surface area contributed by atoms with Crippen LogP contribution in [0.5, 0.6) is 0 Å². The Labute approximate surface area is 206 Å².